The second-order valence-electron chi connectivity index (χ2n) is 3.87. The zero-order valence-electron chi connectivity index (χ0n) is 7.43. The van der Waals surface area contributed by atoms with E-state index in [1.54, 1.807) is 0 Å². The average molecular weight is 165 g/mol. The molecule has 3 nitrogen and oxygen atoms in total. The molecule has 1 aromatic heterocycles. The van der Waals surface area contributed by atoms with E-state index in [2.05, 4.69) is 22.4 Å². The van der Waals surface area contributed by atoms with E-state index in [4.69, 9.17) is 0 Å². The van der Waals surface area contributed by atoms with Crippen molar-refractivity contribution in [3.8, 4) is 0 Å². The zero-order chi connectivity index (χ0) is 8.44. The Morgan fingerprint density at radius 2 is 2.50 bits per heavy atom. The van der Waals surface area contributed by atoms with Crippen molar-refractivity contribution < 1.29 is 0 Å². The molecule has 1 aromatic rings. The van der Waals surface area contributed by atoms with Crippen LogP contribution in [0, 0.1) is 0 Å². The Kier molecular flexibility index (Phi) is 1.89. The van der Waals surface area contributed by atoms with E-state index in [1.165, 1.54) is 24.8 Å². The fourth-order valence-corrected chi connectivity index (χ4v) is 1.57. The molecule has 0 amide bonds. The molecule has 66 valence electrons. The zero-order valence-corrected chi connectivity index (χ0v) is 7.43. The van der Waals surface area contributed by atoms with Crippen molar-refractivity contribution in [1.29, 1.82) is 0 Å². The lowest BCUT2D eigenvalue weighted by atomic mass is 9.78. The van der Waals surface area contributed by atoms with Gasteiger partial charge in [-0.3, -0.25) is 5.10 Å². The predicted molar refractivity (Wildman–Crippen MR) is 47.7 cm³/mol. The first-order valence-corrected chi connectivity index (χ1v) is 4.51. The van der Waals surface area contributed by atoms with Crippen molar-refractivity contribution in [3.63, 3.8) is 0 Å². The molecular formula is C9H15N3. The molecule has 0 spiro atoms. The van der Waals surface area contributed by atoms with Crippen LogP contribution in [-0.4, -0.2) is 15.7 Å². The summed E-state index contributed by atoms with van der Waals surface area (Å²) in [6.07, 6.45) is 7.80. The minimum absolute atomic E-state index is 0.400. The van der Waals surface area contributed by atoms with E-state index in [9.17, 15) is 0 Å². The molecule has 2 N–H and O–H groups in total. The SMILES string of the molecule is CC1(NCc2cn[nH]c2)CCC1. The summed E-state index contributed by atoms with van der Waals surface area (Å²) in [5.74, 6) is 0. The molecule has 0 aromatic carbocycles. The number of aromatic nitrogens is 2. The third kappa shape index (κ3) is 1.50. The molecule has 1 saturated carbocycles. The molecule has 0 atom stereocenters. The summed E-state index contributed by atoms with van der Waals surface area (Å²) in [6, 6.07) is 0. The maximum atomic E-state index is 3.90. The molecule has 1 fully saturated rings. The number of H-pyrrole nitrogens is 1. The Balaban J connectivity index is 1.82. The monoisotopic (exact) mass is 165 g/mol. The van der Waals surface area contributed by atoms with Crippen molar-refractivity contribution in [2.75, 3.05) is 0 Å². The summed E-state index contributed by atoms with van der Waals surface area (Å²) >= 11 is 0. The van der Waals surface area contributed by atoms with Gasteiger partial charge >= 0.3 is 0 Å². The van der Waals surface area contributed by atoms with Crippen LogP contribution in [0.2, 0.25) is 0 Å². The highest BCUT2D eigenvalue weighted by Crippen LogP contribution is 2.30. The first-order chi connectivity index (χ1) is 5.79. The second kappa shape index (κ2) is 2.90. The van der Waals surface area contributed by atoms with Crippen LogP contribution in [0.1, 0.15) is 31.7 Å². The Bertz CT molecular complexity index is 236. The van der Waals surface area contributed by atoms with E-state index >= 15 is 0 Å². The van der Waals surface area contributed by atoms with Crippen LogP contribution in [0.25, 0.3) is 0 Å². The molecule has 0 radical (unpaired) electrons. The topological polar surface area (TPSA) is 40.7 Å². The molecule has 0 saturated heterocycles. The summed E-state index contributed by atoms with van der Waals surface area (Å²) in [4.78, 5) is 0. The molecule has 1 aliphatic carbocycles. The molecule has 0 aliphatic heterocycles. The van der Waals surface area contributed by atoms with E-state index in [-0.39, 0.29) is 0 Å². The van der Waals surface area contributed by atoms with Crippen LogP contribution in [0.5, 0.6) is 0 Å². The number of hydrogen-bond acceptors (Lipinski definition) is 2. The third-order valence-corrected chi connectivity index (χ3v) is 2.73. The van der Waals surface area contributed by atoms with Crippen LogP contribution in [-0.2, 0) is 6.54 Å². The molecule has 3 heteroatoms. The lowest BCUT2D eigenvalue weighted by Crippen LogP contribution is -2.47. The van der Waals surface area contributed by atoms with Gasteiger partial charge in [0.1, 0.15) is 0 Å². The van der Waals surface area contributed by atoms with Gasteiger partial charge < -0.3 is 5.32 Å². The Morgan fingerprint density at radius 3 is 3.00 bits per heavy atom. The van der Waals surface area contributed by atoms with Gasteiger partial charge in [-0.05, 0) is 26.2 Å². The maximum absolute atomic E-state index is 3.90. The largest absolute Gasteiger partial charge is 0.307 e. The number of nitrogens with zero attached hydrogens (tertiary/aromatic N) is 1. The molecule has 12 heavy (non-hydrogen) atoms. The smallest absolute Gasteiger partial charge is 0.0532 e. The highest BCUT2D eigenvalue weighted by atomic mass is 15.1. The van der Waals surface area contributed by atoms with Crippen molar-refractivity contribution in [1.82, 2.24) is 15.5 Å². The highest BCUT2D eigenvalue weighted by molar-refractivity contribution is 5.04. The third-order valence-electron chi connectivity index (χ3n) is 2.73. The fourth-order valence-electron chi connectivity index (χ4n) is 1.57. The number of nitrogens with one attached hydrogen (secondary N) is 2. The van der Waals surface area contributed by atoms with E-state index in [1.807, 2.05) is 12.4 Å². The van der Waals surface area contributed by atoms with E-state index < -0.39 is 0 Å². The Hall–Kier alpha value is -0.830. The summed E-state index contributed by atoms with van der Waals surface area (Å²) < 4.78 is 0. The van der Waals surface area contributed by atoms with Crippen molar-refractivity contribution in [2.45, 2.75) is 38.3 Å². The highest BCUT2D eigenvalue weighted by Gasteiger charge is 2.30. The predicted octanol–water partition coefficient (Wildman–Crippen LogP) is 1.44. The lowest BCUT2D eigenvalue weighted by molar-refractivity contribution is 0.207. The normalized spacial score (nSPS) is 20.4. The summed E-state index contributed by atoms with van der Waals surface area (Å²) in [7, 11) is 0. The van der Waals surface area contributed by atoms with Gasteiger partial charge in [-0.1, -0.05) is 0 Å². The van der Waals surface area contributed by atoms with Gasteiger partial charge in [-0.25, -0.2) is 0 Å². The van der Waals surface area contributed by atoms with Crippen molar-refractivity contribution in [2.24, 2.45) is 0 Å². The quantitative estimate of drug-likeness (QED) is 0.711. The number of aromatic amines is 1. The van der Waals surface area contributed by atoms with Crippen molar-refractivity contribution in [3.05, 3.63) is 18.0 Å². The standard InChI is InChI=1S/C9H15N3/c1-9(3-2-4-9)10-5-8-6-11-12-7-8/h6-7,10H,2-5H2,1H3,(H,11,12). The first kappa shape index (κ1) is 7.80. The summed E-state index contributed by atoms with van der Waals surface area (Å²) in [5, 5.41) is 10.3. The van der Waals surface area contributed by atoms with E-state index in [0.29, 0.717) is 5.54 Å². The molecule has 1 aliphatic rings. The van der Waals surface area contributed by atoms with Crippen LogP contribution in [0.3, 0.4) is 0 Å². The molecular weight excluding hydrogens is 150 g/mol. The van der Waals surface area contributed by atoms with Crippen molar-refractivity contribution >= 4 is 0 Å². The maximum Gasteiger partial charge on any atom is 0.0532 e. The average Bonchev–Trinajstić information content (AvgIpc) is 2.49. The fraction of sp³-hybridized carbons (Fsp3) is 0.667. The minimum Gasteiger partial charge on any atom is -0.307 e. The Morgan fingerprint density at radius 1 is 1.67 bits per heavy atom. The van der Waals surface area contributed by atoms with Gasteiger partial charge in [0.25, 0.3) is 0 Å². The second-order valence-corrected chi connectivity index (χ2v) is 3.87. The van der Waals surface area contributed by atoms with Gasteiger partial charge in [0.2, 0.25) is 0 Å². The first-order valence-electron chi connectivity index (χ1n) is 4.51. The number of hydrogen-bond donors (Lipinski definition) is 2. The molecule has 1 heterocycles. The van der Waals surface area contributed by atoms with Crippen LogP contribution in [0.15, 0.2) is 12.4 Å². The van der Waals surface area contributed by atoms with E-state index in [0.717, 1.165) is 6.54 Å². The van der Waals surface area contributed by atoms with Gasteiger partial charge in [0.05, 0.1) is 6.20 Å². The van der Waals surface area contributed by atoms with Gasteiger partial charge in [0.15, 0.2) is 0 Å². The van der Waals surface area contributed by atoms with Crippen LogP contribution < -0.4 is 5.32 Å². The number of rotatable bonds is 3. The Labute approximate surface area is 72.6 Å². The van der Waals surface area contributed by atoms with Crippen LogP contribution >= 0.6 is 0 Å². The minimum atomic E-state index is 0.400. The van der Waals surface area contributed by atoms with Gasteiger partial charge in [-0.15, -0.1) is 0 Å². The van der Waals surface area contributed by atoms with Gasteiger partial charge in [-0.2, -0.15) is 5.10 Å². The molecule has 2 rings (SSSR count). The molecule has 0 unspecified atom stereocenters. The summed E-state index contributed by atoms with van der Waals surface area (Å²) in [6.45, 7) is 3.23. The molecule has 0 bridgehead atoms. The van der Waals surface area contributed by atoms with Crippen LogP contribution in [0.4, 0.5) is 0 Å². The summed E-state index contributed by atoms with van der Waals surface area (Å²) in [5.41, 5.74) is 1.64. The van der Waals surface area contributed by atoms with Gasteiger partial charge in [0, 0.05) is 23.8 Å². The lowest BCUT2D eigenvalue weighted by Gasteiger charge is -2.39.